The van der Waals surface area contributed by atoms with Crippen LogP contribution in [-0.4, -0.2) is 49.1 Å². The average Bonchev–Trinajstić information content (AvgIpc) is 2.69. The third-order valence-electron chi connectivity index (χ3n) is 4.94. The maximum absolute atomic E-state index is 13.3. The minimum absolute atomic E-state index is 0.0753. The van der Waals surface area contributed by atoms with Gasteiger partial charge in [-0.15, -0.1) is 0 Å². The zero-order valence-corrected chi connectivity index (χ0v) is 19.3. The zero-order chi connectivity index (χ0) is 20.0. The fourth-order valence-electron chi connectivity index (χ4n) is 3.46. The number of benzene rings is 2. The average molecular weight is 534 g/mol. The van der Waals surface area contributed by atoms with E-state index in [4.69, 9.17) is 0 Å². The van der Waals surface area contributed by atoms with Crippen molar-refractivity contribution in [3.8, 4) is 0 Å². The van der Waals surface area contributed by atoms with Crippen LogP contribution >= 0.6 is 30.3 Å². The molecular formula is C20H24FIN2O2S2. The van der Waals surface area contributed by atoms with Crippen LogP contribution in [0.15, 0.2) is 59.5 Å². The van der Waals surface area contributed by atoms with Crippen molar-refractivity contribution in [2.45, 2.75) is 30.3 Å². The molecule has 1 saturated heterocycles. The van der Waals surface area contributed by atoms with Crippen molar-refractivity contribution in [1.29, 1.82) is 0 Å². The van der Waals surface area contributed by atoms with Crippen molar-refractivity contribution in [2.24, 2.45) is 0 Å². The van der Waals surface area contributed by atoms with E-state index in [9.17, 15) is 12.8 Å². The first-order valence-electron chi connectivity index (χ1n) is 9.28. The Morgan fingerprint density at radius 3 is 2.39 bits per heavy atom. The van der Waals surface area contributed by atoms with Gasteiger partial charge in [-0.05, 0) is 58.3 Å². The molecule has 0 radical (unpaired) electrons. The van der Waals surface area contributed by atoms with Crippen LogP contribution in [0, 0.1) is 5.82 Å². The number of halogens is 2. The van der Waals surface area contributed by atoms with Gasteiger partial charge in [-0.1, -0.05) is 30.3 Å². The number of rotatable bonds is 6. The fraction of sp³-hybridized carbons (Fsp3) is 0.400. The molecule has 2 aromatic rings. The number of nitrogens with zero attached hydrogens (tertiary/aromatic N) is 2. The maximum Gasteiger partial charge on any atom is 0.179 e. The van der Waals surface area contributed by atoms with Crippen LogP contribution in [0.5, 0.6) is 0 Å². The largest absolute Gasteiger partial charge is 0.294 e. The lowest BCUT2D eigenvalue weighted by molar-refractivity contribution is 0.159. The Hall–Kier alpha value is -0.680. The lowest BCUT2D eigenvalue weighted by Gasteiger charge is -2.36. The van der Waals surface area contributed by atoms with Crippen LogP contribution in [0.25, 0.3) is 0 Å². The van der Waals surface area contributed by atoms with Crippen LogP contribution < -0.4 is 0 Å². The van der Waals surface area contributed by atoms with Crippen LogP contribution in [0.2, 0.25) is 0 Å². The molecule has 0 saturated carbocycles. The fourth-order valence-corrected chi connectivity index (χ4v) is 6.54. The summed E-state index contributed by atoms with van der Waals surface area (Å²) in [6, 6.07) is 15.0. The minimum atomic E-state index is -3.39. The van der Waals surface area contributed by atoms with Crippen molar-refractivity contribution in [3.05, 3.63) is 66.0 Å². The molecule has 2 aromatic carbocycles. The van der Waals surface area contributed by atoms with E-state index < -0.39 is 9.84 Å². The van der Waals surface area contributed by atoms with Gasteiger partial charge in [0.1, 0.15) is 5.82 Å². The summed E-state index contributed by atoms with van der Waals surface area (Å²) in [5.41, 5.74) is 0.998. The monoisotopic (exact) mass is 534 g/mol. The molecule has 4 nitrogen and oxygen atoms in total. The molecule has 1 fully saturated rings. The Bertz CT molecular complexity index is 850. The SMILES string of the molecule is O=S(=O)(CC1CN(SI)CCCCN1Cc1ccc(F)cc1)c1ccccc1. The van der Waals surface area contributed by atoms with Crippen LogP contribution in [0.4, 0.5) is 4.39 Å². The first-order valence-corrected chi connectivity index (χ1v) is 14.2. The summed E-state index contributed by atoms with van der Waals surface area (Å²) in [6.45, 7) is 3.10. The summed E-state index contributed by atoms with van der Waals surface area (Å²) < 4.78 is 41.6. The van der Waals surface area contributed by atoms with Crippen molar-refractivity contribution in [3.63, 3.8) is 0 Å². The van der Waals surface area contributed by atoms with Crippen molar-refractivity contribution in [2.75, 3.05) is 25.4 Å². The van der Waals surface area contributed by atoms with Crippen molar-refractivity contribution < 1.29 is 12.8 Å². The van der Waals surface area contributed by atoms with Crippen LogP contribution in [0.3, 0.4) is 0 Å². The third-order valence-corrected chi connectivity index (χ3v) is 8.96. The smallest absolute Gasteiger partial charge is 0.179 e. The second kappa shape index (κ2) is 10.4. The summed E-state index contributed by atoms with van der Waals surface area (Å²) in [6.07, 6.45) is 2.09. The highest BCUT2D eigenvalue weighted by molar-refractivity contribution is 14.2. The summed E-state index contributed by atoms with van der Waals surface area (Å²) in [5.74, 6) is -0.182. The van der Waals surface area contributed by atoms with E-state index >= 15 is 0 Å². The Balaban J connectivity index is 1.84. The van der Waals surface area contributed by atoms with Gasteiger partial charge in [-0.2, -0.15) is 0 Å². The minimum Gasteiger partial charge on any atom is -0.294 e. The summed E-state index contributed by atoms with van der Waals surface area (Å²) in [7, 11) is -1.76. The summed E-state index contributed by atoms with van der Waals surface area (Å²) >= 11 is 2.26. The van der Waals surface area contributed by atoms with E-state index in [2.05, 4.69) is 30.4 Å². The quantitative estimate of drug-likeness (QED) is 0.402. The van der Waals surface area contributed by atoms with E-state index in [1.54, 1.807) is 45.5 Å². The molecule has 1 unspecified atom stereocenters. The highest BCUT2D eigenvalue weighted by atomic mass is 127. The van der Waals surface area contributed by atoms with E-state index in [0.29, 0.717) is 18.0 Å². The van der Waals surface area contributed by atoms with E-state index in [1.165, 1.54) is 12.1 Å². The van der Waals surface area contributed by atoms with Crippen LogP contribution in [-0.2, 0) is 16.4 Å². The van der Waals surface area contributed by atoms with E-state index in [-0.39, 0.29) is 17.6 Å². The van der Waals surface area contributed by atoms with Gasteiger partial charge in [-0.3, -0.25) is 4.90 Å². The molecule has 1 atom stereocenters. The summed E-state index contributed by atoms with van der Waals surface area (Å²) in [4.78, 5) is 2.61. The standard InChI is InChI=1S/C20H24FIN2O2S2/c21-18-10-8-17(9-11-18)14-23-12-4-5-13-24(27-22)15-19(23)16-28(25,26)20-6-2-1-3-7-20/h1-3,6-11,19H,4-5,12-16H2. The predicted molar refractivity (Wildman–Crippen MR) is 122 cm³/mol. The lowest BCUT2D eigenvalue weighted by Crippen LogP contribution is -2.47. The Morgan fingerprint density at radius 2 is 1.71 bits per heavy atom. The Kier molecular flexibility index (Phi) is 8.16. The van der Waals surface area contributed by atoms with Gasteiger partial charge < -0.3 is 0 Å². The molecule has 0 aromatic heterocycles. The topological polar surface area (TPSA) is 40.6 Å². The maximum atomic E-state index is 13.3. The molecule has 0 spiro atoms. The van der Waals surface area contributed by atoms with Gasteiger partial charge in [0.25, 0.3) is 0 Å². The number of hydrogen-bond donors (Lipinski definition) is 0. The molecular weight excluding hydrogens is 510 g/mol. The van der Waals surface area contributed by atoms with Gasteiger partial charge in [-0.25, -0.2) is 17.1 Å². The lowest BCUT2D eigenvalue weighted by atomic mass is 10.1. The molecule has 1 aliphatic rings. The van der Waals surface area contributed by atoms with Gasteiger partial charge in [0.15, 0.2) is 9.84 Å². The first kappa shape index (κ1) is 22.0. The molecule has 152 valence electrons. The van der Waals surface area contributed by atoms with Gasteiger partial charge in [0.2, 0.25) is 0 Å². The second-order valence-electron chi connectivity index (χ2n) is 7.01. The summed E-state index contributed by atoms with van der Waals surface area (Å²) in [5, 5.41) is 0. The molecule has 0 aliphatic carbocycles. The van der Waals surface area contributed by atoms with Crippen LogP contribution in [0.1, 0.15) is 18.4 Å². The predicted octanol–water partition coefficient (Wildman–Crippen LogP) is 4.56. The van der Waals surface area contributed by atoms with Crippen molar-refractivity contribution >= 4 is 40.2 Å². The first-order chi connectivity index (χ1) is 13.5. The highest BCUT2D eigenvalue weighted by Crippen LogP contribution is 2.25. The molecule has 0 N–H and O–H groups in total. The molecule has 8 heteroatoms. The molecule has 0 bridgehead atoms. The molecule has 1 aliphatic heterocycles. The van der Waals surface area contributed by atoms with E-state index in [1.807, 2.05) is 6.07 Å². The molecule has 28 heavy (non-hydrogen) atoms. The van der Waals surface area contributed by atoms with E-state index in [0.717, 1.165) is 31.5 Å². The number of hydrogen-bond acceptors (Lipinski definition) is 5. The molecule has 1 heterocycles. The molecule has 0 amide bonds. The highest BCUT2D eigenvalue weighted by Gasteiger charge is 2.29. The van der Waals surface area contributed by atoms with Gasteiger partial charge in [0, 0.05) is 46.9 Å². The Morgan fingerprint density at radius 1 is 1.04 bits per heavy atom. The Labute approximate surface area is 183 Å². The van der Waals surface area contributed by atoms with Gasteiger partial charge >= 0.3 is 0 Å². The number of sulfone groups is 1. The van der Waals surface area contributed by atoms with Crippen molar-refractivity contribution in [1.82, 2.24) is 9.21 Å². The normalized spacial score (nSPS) is 19.9. The molecule has 3 rings (SSSR count). The van der Waals surface area contributed by atoms with Gasteiger partial charge in [0.05, 0.1) is 10.6 Å². The zero-order valence-electron chi connectivity index (χ0n) is 15.5. The third kappa shape index (κ3) is 6.16. The second-order valence-corrected chi connectivity index (χ2v) is 10.9.